The van der Waals surface area contributed by atoms with E-state index < -0.39 is 33.6 Å². The normalized spacial score (nSPS) is 12.3. The number of rotatable bonds is 7. The van der Waals surface area contributed by atoms with Crippen molar-refractivity contribution in [3.8, 4) is 5.75 Å². The van der Waals surface area contributed by atoms with Crippen molar-refractivity contribution in [3.05, 3.63) is 54.1 Å². The van der Waals surface area contributed by atoms with Crippen LogP contribution in [0.5, 0.6) is 5.75 Å². The van der Waals surface area contributed by atoms with Crippen LogP contribution in [0, 0.1) is 11.6 Å². The Morgan fingerprint density at radius 1 is 1.15 bits per heavy atom. The SMILES string of the molecule is CC[C@H](C(=O)Nc1ccc(F)c(F)c1)N(c1ccc(OC)cc1)S(C)(=O)=O. The van der Waals surface area contributed by atoms with Crippen molar-refractivity contribution in [1.29, 1.82) is 0 Å². The summed E-state index contributed by atoms with van der Waals surface area (Å²) in [6, 6.07) is 8.02. The quantitative estimate of drug-likeness (QED) is 0.777. The molecule has 1 amide bonds. The molecule has 2 aromatic rings. The lowest BCUT2D eigenvalue weighted by molar-refractivity contribution is -0.117. The van der Waals surface area contributed by atoms with Crippen LogP contribution in [0.4, 0.5) is 20.2 Å². The lowest BCUT2D eigenvalue weighted by atomic mass is 10.1. The van der Waals surface area contributed by atoms with Crippen LogP contribution in [0.15, 0.2) is 42.5 Å². The zero-order chi connectivity index (χ0) is 20.2. The number of halogens is 2. The lowest BCUT2D eigenvalue weighted by Crippen LogP contribution is -2.47. The minimum Gasteiger partial charge on any atom is -0.497 e. The van der Waals surface area contributed by atoms with E-state index in [9.17, 15) is 22.0 Å². The van der Waals surface area contributed by atoms with Crippen molar-refractivity contribution in [2.75, 3.05) is 23.0 Å². The Bertz CT molecular complexity index is 917. The van der Waals surface area contributed by atoms with E-state index in [1.807, 2.05) is 0 Å². The van der Waals surface area contributed by atoms with Crippen LogP contribution in [-0.4, -0.2) is 33.7 Å². The van der Waals surface area contributed by atoms with Gasteiger partial charge in [-0.3, -0.25) is 9.10 Å². The van der Waals surface area contributed by atoms with Gasteiger partial charge in [0.2, 0.25) is 15.9 Å². The standard InChI is InChI=1S/C18H20F2N2O4S/c1-4-17(18(23)21-12-5-10-15(19)16(20)11-12)22(27(3,24)25)13-6-8-14(26-2)9-7-13/h5-11,17H,4H2,1-3H3,(H,21,23)/t17-/m1/s1. The number of sulfonamides is 1. The molecule has 0 radical (unpaired) electrons. The average Bonchev–Trinajstić information content (AvgIpc) is 2.61. The number of nitrogens with one attached hydrogen (secondary N) is 1. The van der Waals surface area contributed by atoms with Crippen molar-refractivity contribution >= 4 is 27.3 Å². The van der Waals surface area contributed by atoms with Crippen LogP contribution in [0.3, 0.4) is 0 Å². The highest BCUT2D eigenvalue weighted by molar-refractivity contribution is 7.92. The molecule has 0 aromatic heterocycles. The molecule has 27 heavy (non-hydrogen) atoms. The van der Waals surface area contributed by atoms with Gasteiger partial charge < -0.3 is 10.1 Å². The second kappa shape index (κ2) is 8.34. The minimum absolute atomic E-state index is 0.0283. The summed E-state index contributed by atoms with van der Waals surface area (Å²) in [5, 5.41) is 2.43. The van der Waals surface area contributed by atoms with E-state index in [0.29, 0.717) is 5.75 Å². The molecule has 0 aliphatic heterocycles. The molecule has 9 heteroatoms. The van der Waals surface area contributed by atoms with Crippen molar-refractivity contribution in [3.63, 3.8) is 0 Å². The first-order valence-corrected chi connectivity index (χ1v) is 9.91. The molecule has 2 rings (SSSR count). The fourth-order valence-electron chi connectivity index (χ4n) is 2.59. The van der Waals surface area contributed by atoms with Crippen molar-refractivity contribution in [2.24, 2.45) is 0 Å². The van der Waals surface area contributed by atoms with Gasteiger partial charge in [0.1, 0.15) is 11.8 Å². The highest BCUT2D eigenvalue weighted by Crippen LogP contribution is 2.26. The number of hydrogen-bond acceptors (Lipinski definition) is 4. The number of carbonyl (C=O) groups is 1. The molecule has 2 aromatic carbocycles. The molecule has 6 nitrogen and oxygen atoms in total. The van der Waals surface area contributed by atoms with E-state index >= 15 is 0 Å². The van der Waals surface area contributed by atoms with Gasteiger partial charge in [-0.15, -0.1) is 0 Å². The smallest absolute Gasteiger partial charge is 0.248 e. The highest BCUT2D eigenvalue weighted by atomic mass is 32.2. The van der Waals surface area contributed by atoms with Crippen LogP contribution in [0.2, 0.25) is 0 Å². The van der Waals surface area contributed by atoms with E-state index in [1.54, 1.807) is 19.1 Å². The number of hydrogen-bond donors (Lipinski definition) is 1. The predicted octanol–water partition coefficient (Wildman–Crippen LogP) is 3.16. The summed E-state index contributed by atoms with van der Waals surface area (Å²) in [6.45, 7) is 1.65. The van der Waals surface area contributed by atoms with Gasteiger partial charge in [0.15, 0.2) is 11.6 Å². The van der Waals surface area contributed by atoms with E-state index in [1.165, 1.54) is 25.3 Å². The second-order valence-electron chi connectivity index (χ2n) is 5.80. The van der Waals surface area contributed by atoms with Crippen LogP contribution < -0.4 is 14.4 Å². The fraction of sp³-hybridized carbons (Fsp3) is 0.278. The van der Waals surface area contributed by atoms with Gasteiger partial charge in [-0.2, -0.15) is 0 Å². The Morgan fingerprint density at radius 3 is 2.26 bits per heavy atom. The summed E-state index contributed by atoms with van der Waals surface area (Å²) >= 11 is 0. The van der Waals surface area contributed by atoms with Gasteiger partial charge in [-0.05, 0) is 42.8 Å². The van der Waals surface area contributed by atoms with Crippen molar-refractivity contribution in [1.82, 2.24) is 0 Å². The van der Waals surface area contributed by atoms with Crippen LogP contribution in [0.1, 0.15) is 13.3 Å². The summed E-state index contributed by atoms with van der Waals surface area (Å²) in [4.78, 5) is 12.7. The molecule has 0 aliphatic rings. The zero-order valence-electron chi connectivity index (χ0n) is 15.1. The Kier molecular flexibility index (Phi) is 6.37. The number of amides is 1. The number of ether oxygens (including phenoxy) is 1. The maximum absolute atomic E-state index is 13.4. The monoisotopic (exact) mass is 398 g/mol. The van der Waals surface area contributed by atoms with Crippen molar-refractivity contribution in [2.45, 2.75) is 19.4 Å². The van der Waals surface area contributed by atoms with Gasteiger partial charge in [0.25, 0.3) is 0 Å². The van der Waals surface area contributed by atoms with E-state index in [4.69, 9.17) is 4.74 Å². The van der Waals surface area contributed by atoms with Crippen LogP contribution >= 0.6 is 0 Å². The summed E-state index contributed by atoms with van der Waals surface area (Å²) in [6.07, 6.45) is 1.15. The third kappa shape index (κ3) is 4.94. The Balaban J connectivity index is 2.35. The predicted molar refractivity (Wildman–Crippen MR) is 99.4 cm³/mol. The van der Waals surface area contributed by atoms with Crippen LogP contribution in [-0.2, 0) is 14.8 Å². The largest absolute Gasteiger partial charge is 0.497 e. The Labute approximate surface area is 156 Å². The molecular weight excluding hydrogens is 378 g/mol. The van der Waals surface area contributed by atoms with E-state index in [0.717, 1.165) is 22.7 Å². The van der Waals surface area contributed by atoms with Gasteiger partial charge in [-0.1, -0.05) is 6.92 Å². The number of carbonyl (C=O) groups excluding carboxylic acids is 1. The molecule has 0 bridgehead atoms. The van der Waals surface area contributed by atoms with Gasteiger partial charge in [-0.25, -0.2) is 17.2 Å². The summed E-state index contributed by atoms with van der Waals surface area (Å²) < 4.78 is 57.1. The molecule has 0 fully saturated rings. The summed E-state index contributed by atoms with van der Waals surface area (Å²) in [5.41, 5.74) is 0.311. The number of anilines is 2. The van der Waals surface area contributed by atoms with Gasteiger partial charge in [0.05, 0.1) is 19.1 Å². The summed E-state index contributed by atoms with van der Waals surface area (Å²) in [7, 11) is -2.32. The maximum atomic E-state index is 13.4. The maximum Gasteiger partial charge on any atom is 0.248 e. The molecule has 146 valence electrons. The Morgan fingerprint density at radius 2 is 1.78 bits per heavy atom. The third-order valence-corrected chi connectivity index (χ3v) is 5.02. The van der Waals surface area contributed by atoms with Gasteiger partial charge in [0, 0.05) is 11.8 Å². The molecule has 0 unspecified atom stereocenters. The van der Waals surface area contributed by atoms with Crippen molar-refractivity contribution < 1.29 is 26.7 Å². The number of nitrogens with zero attached hydrogens (tertiary/aromatic N) is 1. The molecule has 0 saturated heterocycles. The molecule has 0 spiro atoms. The molecular formula is C18H20F2N2O4S. The molecule has 1 atom stereocenters. The number of benzene rings is 2. The van der Waals surface area contributed by atoms with Crippen LogP contribution in [0.25, 0.3) is 0 Å². The molecule has 0 heterocycles. The Hall–Kier alpha value is -2.68. The molecule has 1 N–H and O–H groups in total. The topological polar surface area (TPSA) is 75.7 Å². The highest BCUT2D eigenvalue weighted by Gasteiger charge is 2.31. The molecule has 0 aliphatic carbocycles. The summed E-state index contributed by atoms with van der Waals surface area (Å²) in [5.74, 6) is -2.29. The first-order valence-electron chi connectivity index (χ1n) is 8.06. The van der Waals surface area contributed by atoms with E-state index in [-0.39, 0.29) is 17.8 Å². The number of methoxy groups -OCH3 is 1. The molecule has 0 saturated carbocycles. The second-order valence-corrected chi connectivity index (χ2v) is 7.66. The first-order chi connectivity index (χ1) is 12.7. The third-order valence-electron chi connectivity index (χ3n) is 3.84. The first kappa shape index (κ1) is 20.6. The average molecular weight is 398 g/mol. The minimum atomic E-state index is -3.80. The van der Waals surface area contributed by atoms with Gasteiger partial charge >= 0.3 is 0 Å². The zero-order valence-corrected chi connectivity index (χ0v) is 15.9. The fourth-order valence-corrected chi connectivity index (χ4v) is 3.80. The van der Waals surface area contributed by atoms with E-state index in [2.05, 4.69) is 5.32 Å². The lowest BCUT2D eigenvalue weighted by Gasteiger charge is -2.30.